The summed E-state index contributed by atoms with van der Waals surface area (Å²) in [7, 11) is 0. The van der Waals surface area contributed by atoms with Crippen molar-refractivity contribution >= 4 is 29.6 Å². The summed E-state index contributed by atoms with van der Waals surface area (Å²) in [6.45, 7) is 9.65. The van der Waals surface area contributed by atoms with Crippen molar-refractivity contribution in [3.8, 4) is 11.6 Å². The van der Waals surface area contributed by atoms with Gasteiger partial charge in [-0.05, 0) is 53.7 Å². The standard InChI is InChI=1S/C20H22ClF2N3O5/c1-19(2,3)30-17(27)26(18(28)31-20(4,5)6)15-14(21)16(25-10-24-15)29-11-7-8-12(22)13(23)9-11/h7-10H,1-6H3. The maximum Gasteiger partial charge on any atom is 0.425 e. The number of amides is 2. The molecule has 0 aliphatic carbocycles. The van der Waals surface area contributed by atoms with Gasteiger partial charge >= 0.3 is 12.2 Å². The number of hydrogen-bond acceptors (Lipinski definition) is 7. The summed E-state index contributed by atoms with van der Waals surface area (Å²) in [6.07, 6.45) is -1.22. The van der Waals surface area contributed by atoms with Crippen molar-refractivity contribution in [2.75, 3.05) is 4.90 Å². The molecule has 0 radical (unpaired) electrons. The molecule has 2 amide bonds. The summed E-state index contributed by atoms with van der Waals surface area (Å²) in [5, 5.41) is -0.357. The molecule has 0 fully saturated rings. The molecule has 1 aromatic heterocycles. The van der Waals surface area contributed by atoms with Gasteiger partial charge in [0.05, 0.1) is 0 Å². The molecule has 0 aliphatic rings. The van der Waals surface area contributed by atoms with Crippen LogP contribution in [0.15, 0.2) is 24.5 Å². The van der Waals surface area contributed by atoms with E-state index in [1.54, 1.807) is 41.5 Å². The summed E-state index contributed by atoms with van der Waals surface area (Å²) >= 11 is 6.28. The van der Waals surface area contributed by atoms with Crippen LogP contribution < -0.4 is 9.64 Å². The number of halogens is 3. The smallest absolute Gasteiger partial charge is 0.425 e. The Kier molecular flexibility index (Phi) is 7.05. The van der Waals surface area contributed by atoms with Crippen molar-refractivity contribution in [2.24, 2.45) is 0 Å². The maximum atomic E-state index is 13.5. The Balaban J connectivity index is 2.47. The van der Waals surface area contributed by atoms with E-state index >= 15 is 0 Å². The van der Waals surface area contributed by atoms with Crippen molar-refractivity contribution in [2.45, 2.75) is 52.7 Å². The third-order valence-corrected chi connectivity index (χ3v) is 3.54. The quantitative estimate of drug-likeness (QED) is 0.568. The number of hydrogen-bond donors (Lipinski definition) is 0. The van der Waals surface area contributed by atoms with Gasteiger partial charge in [-0.3, -0.25) is 0 Å². The van der Waals surface area contributed by atoms with E-state index < -0.39 is 35.0 Å². The summed E-state index contributed by atoms with van der Waals surface area (Å²) < 4.78 is 42.5. The highest BCUT2D eigenvalue weighted by Crippen LogP contribution is 2.35. The van der Waals surface area contributed by atoms with Gasteiger partial charge in [-0.1, -0.05) is 11.6 Å². The molecule has 0 N–H and O–H groups in total. The van der Waals surface area contributed by atoms with Crippen LogP contribution in [0.1, 0.15) is 41.5 Å². The number of anilines is 1. The molecule has 11 heteroatoms. The van der Waals surface area contributed by atoms with Crippen molar-refractivity contribution in [1.82, 2.24) is 9.97 Å². The van der Waals surface area contributed by atoms with Crippen LogP contribution in [0.2, 0.25) is 5.02 Å². The Morgan fingerprint density at radius 3 is 1.97 bits per heavy atom. The Labute approximate surface area is 183 Å². The zero-order valence-corrected chi connectivity index (χ0v) is 18.6. The van der Waals surface area contributed by atoms with Crippen LogP contribution >= 0.6 is 11.6 Å². The van der Waals surface area contributed by atoms with E-state index in [0.717, 1.165) is 24.5 Å². The molecular formula is C20H22ClF2N3O5. The van der Waals surface area contributed by atoms with Gasteiger partial charge < -0.3 is 14.2 Å². The fraction of sp³-hybridized carbons (Fsp3) is 0.400. The lowest BCUT2D eigenvalue weighted by molar-refractivity contribution is 0.0429. The van der Waals surface area contributed by atoms with Gasteiger partial charge in [-0.2, -0.15) is 9.88 Å². The minimum absolute atomic E-state index is 0.119. The van der Waals surface area contributed by atoms with Crippen LogP contribution in [0.25, 0.3) is 0 Å². The summed E-state index contributed by atoms with van der Waals surface area (Å²) in [5.74, 6) is -3.02. The lowest BCUT2D eigenvalue weighted by atomic mass is 10.2. The molecule has 0 spiro atoms. The first-order valence-electron chi connectivity index (χ1n) is 9.07. The van der Waals surface area contributed by atoms with Crippen LogP contribution in [0, 0.1) is 11.6 Å². The zero-order chi connectivity index (χ0) is 23.6. The van der Waals surface area contributed by atoms with E-state index in [9.17, 15) is 18.4 Å². The number of benzene rings is 1. The van der Waals surface area contributed by atoms with E-state index in [-0.39, 0.29) is 22.5 Å². The van der Waals surface area contributed by atoms with Gasteiger partial charge in [0.2, 0.25) is 5.88 Å². The van der Waals surface area contributed by atoms with Crippen molar-refractivity contribution in [3.63, 3.8) is 0 Å². The van der Waals surface area contributed by atoms with Gasteiger partial charge in [-0.15, -0.1) is 0 Å². The van der Waals surface area contributed by atoms with Crippen LogP contribution in [-0.4, -0.2) is 33.4 Å². The maximum absolute atomic E-state index is 13.5. The number of rotatable bonds is 3. The molecule has 0 saturated carbocycles. The lowest BCUT2D eigenvalue weighted by Crippen LogP contribution is -2.44. The Hall–Kier alpha value is -3.01. The minimum Gasteiger partial charge on any atom is -0.443 e. The second-order valence-corrected chi connectivity index (χ2v) is 8.67. The van der Waals surface area contributed by atoms with E-state index in [0.29, 0.717) is 4.90 Å². The molecule has 0 unspecified atom stereocenters. The Bertz CT molecular complexity index is 962. The van der Waals surface area contributed by atoms with E-state index in [4.69, 9.17) is 25.8 Å². The molecule has 8 nitrogen and oxygen atoms in total. The number of imide groups is 1. The Morgan fingerprint density at radius 1 is 0.935 bits per heavy atom. The van der Waals surface area contributed by atoms with Crippen LogP contribution in [0.3, 0.4) is 0 Å². The van der Waals surface area contributed by atoms with Gasteiger partial charge in [-0.25, -0.2) is 23.4 Å². The summed E-state index contributed by atoms with van der Waals surface area (Å²) in [4.78, 5) is 33.7. The largest absolute Gasteiger partial charge is 0.443 e. The average molecular weight is 458 g/mol. The number of carbonyl (C=O) groups is 2. The van der Waals surface area contributed by atoms with E-state index in [1.165, 1.54) is 0 Å². The van der Waals surface area contributed by atoms with Crippen molar-refractivity contribution in [3.05, 3.63) is 41.2 Å². The first-order chi connectivity index (χ1) is 14.2. The summed E-state index contributed by atoms with van der Waals surface area (Å²) in [5.41, 5.74) is -1.89. The predicted molar refractivity (Wildman–Crippen MR) is 108 cm³/mol. The van der Waals surface area contributed by atoms with Gasteiger partial charge in [0.15, 0.2) is 17.5 Å². The van der Waals surface area contributed by atoms with Crippen LogP contribution in [0.4, 0.5) is 24.2 Å². The molecule has 0 aliphatic heterocycles. The lowest BCUT2D eigenvalue weighted by Gasteiger charge is -2.28. The summed E-state index contributed by atoms with van der Waals surface area (Å²) in [6, 6.07) is 2.79. The molecule has 2 aromatic rings. The van der Waals surface area contributed by atoms with Gasteiger partial charge in [0.25, 0.3) is 0 Å². The number of carbonyl (C=O) groups excluding carboxylic acids is 2. The highest BCUT2D eigenvalue weighted by atomic mass is 35.5. The van der Waals surface area contributed by atoms with E-state index in [1.807, 2.05) is 0 Å². The fourth-order valence-electron chi connectivity index (χ4n) is 2.09. The van der Waals surface area contributed by atoms with Crippen LogP contribution in [0.5, 0.6) is 11.6 Å². The molecule has 31 heavy (non-hydrogen) atoms. The fourth-order valence-corrected chi connectivity index (χ4v) is 2.31. The van der Waals surface area contributed by atoms with Gasteiger partial charge in [0, 0.05) is 6.07 Å². The molecule has 0 saturated heterocycles. The topological polar surface area (TPSA) is 90.9 Å². The monoisotopic (exact) mass is 457 g/mol. The first kappa shape index (κ1) is 24.3. The minimum atomic E-state index is -1.15. The van der Waals surface area contributed by atoms with Crippen molar-refractivity contribution in [1.29, 1.82) is 0 Å². The van der Waals surface area contributed by atoms with E-state index in [2.05, 4.69) is 9.97 Å². The Morgan fingerprint density at radius 2 is 1.48 bits per heavy atom. The average Bonchev–Trinajstić information content (AvgIpc) is 2.58. The second kappa shape index (κ2) is 9.01. The molecule has 2 rings (SSSR count). The molecule has 168 valence electrons. The molecular weight excluding hydrogens is 436 g/mol. The highest BCUT2D eigenvalue weighted by Gasteiger charge is 2.36. The molecule has 0 atom stereocenters. The highest BCUT2D eigenvalue weighted by molar-refractivity contribution is 6.35. The SMILES string of the molecule is CC(C)(C)OC(=O)N(C(=O)OC(C)(C)C)c1ncnc(Oc2ccc(F)c(F)c2)c1Cl. The predicted octanol–water partition coefficient (Wildman–Crippen LogP) is 5.88. The third-order valence-electron chi connectivity index (χ3n) is 3.21. The van der Waals surface area contributed by atoms with Gasteiger partial charge in [0.1, 0.15) is 28.3 Å². The molecule has 1 heterocycles. The van der Waals surface area contributed by atoms with Crippen molar-refractivity contribution < 1.29 is 32.6 Å². The zero-order valence-electron chi connectivity index (χ0n) is 17.8. The molecule has 1 aromatic carbocycles. The second-order valence-electron chi connectivity index (χ2n) is 8.29. The van der Waals surface area contributed by atoms with Crippen LogP contribution in [-0.2, 0) is 9.47 Å². The third kappa shape index (κ3) is 6.74. The normalized spacial score (nSPS) is 11.6. The first-order valence-corrected chi connectivity index (χ1v) is 9.45. The number of nitrogens with zero attached hydrogens (tertiary/aromatic N) is 3. The number of ether oxygens (including phenoxy) is 3. The molecule has 0 bridgehead atoms. The number of aromatic nitrogens is 2.